The molecule has 3 N–H and O–H groups in total. The maximum atomic E-state index is 11.2. The van der Waals surface area contributed by atoms with Crippen LogP contribution in [0.2, 0.25) is 0 Å². The lowest BCUT2D eigenvalue weighted by Crippen LogP contribution is -2.49. The topological polar surface area (TPSA) is 104 Å². The normalized spacial score (nSPS) is 31.6. The molecule has 1 aromatic rings. The van der Waals surface area contributed by atoms with Crippen molar-refractivity contribution in [3.05, 3.63) is 5.82 Å². The van der Waals surface area contributed by atoms with Crippen molar-refractivity contribution >= 4 is 5.97 Å². The van der Waals surface area contributed by atoms with Crippen LogP contribution in [0.1, 0.15) is 50.8 Å². The summed E-state index contributed by atoms with van der Waals surface area (Å²) in [5, 5.41) is 26.3. The van der Waals surface area contributed by atoms with Gasteiger partial charge in [-0.3, -0.25) is 4.79 Å². The van der Waals surface area contributed by atoms with E-state index in [-0.39, 0.29) is 6.04 Å². The number of rotatable bonds is 6. The molecule has 1 aliphatic heterocycles. The van der Waals surface area contributed by atoms with Gasteiger partial charge in [0, 0.05) is 6.42 Å². The van der Waals surface area contributed by atoms with Crippen LogP contribution >= 0.6 is 0 Å². The second-order valence-electron chi connectivity index (χ2n) is 6.81. The van der Waals surface area contributed by atoms with Crippen LogP contribution in [0.4, 0.5) is 0 Å². The highest BCUT2D eigenvalue weighted by molar-refractivity contribution is 5.73. The first-order chi connectivity index (χ1) is 10.7. The average Bonchev–Trinajstić information content (AvgIpc) is 3.04. The van der Waals surface area contributed by atoms with Crippen LogP contribution in [-0.2, 0) is 11.2 Å². The van der Waals surface area contributed by atoms with E-state index >= 15 is 0 Å². The molecule has 0 amide bonds. The average molecular weight is 307 g/mol. The Morgan fingerprint density at radius 3 is 2.91 bits per heavy atom. The SMILES string of the molecule is O=C(O)[C@H]1C[C@@H]2C[C@H](CCCCc3nn[nH]n3)CC[C@@H]2CN1. The van der Waals surface area contributed by atoms with Gasteiger partial charge < -0.3 is 10.4 Å². The number of piperidine rings is 1. The third-order valence-corrected chi connectivity index (χ3v) is 5.36. The summed E-state index contributed by atoms with van der Waals surface area (Å²) in [5.41, 5.74) is 0. The number of unbranched alkanes of at least 4 members (excludes halogenated alkanes) is 1. The first-order valence-electron chi connectivity index (χ1n) is 8.41. The summed E-state index contributed by atoms with van der Waals surface area (Å²) in [4.78, 5) is 11.2. The van der Waals surface area contributed by atoms with Crippen LogP contribution in [0.15, 0.2) is 0 Å². The number of nitrogens with one attached hydrogen (secondary N) is 2. The number of carboxylic acid groups (broad SMARTS) is 1. The maximum Gasteiger partial charge on any atom is 0.320 e. The van der Waals surface area contributed by atoms with Gasteiger partial charge in [0.2, 0.25) is 0 Å². The number of H-pyrrole nitrogens is 1. The third kappa shape index (κ3) is 3.82. The van der Waals surface area contributed by atoms with Gasteiger partial charge in [0.15, 0.2) is 5.82 Å². The van der Waals surface area contributed by atoms with Crippen LogP contribution in [0.25, 0.3) is 0 Å². The number of nitrogens with zero attached hydrogens (tertiary/aromatic N) is 3. The Kier molecular flexibility index (Phi) is 5.02. The van der Waals surface area contributed by atoms with Gasteiger partial charge in [-0.1, -0.05) is 24.5 Å². The summed E-state index contributed by atoms with van der Waals surface area (Å²) in [5.74, 6) is 2.15. The maximum absolute atomic E-state index is 11.2. The van der Waals surface area contributed by atoms with Crippen molar-refractivity contribution in [3.8, 4) is 0 Å². The number of aromatic nitrogens is 4. The van der Waals surface area contributed by atoms with Crippen LogP contribution < -0.4 is 5.32 Å². The largest absolute Gasteiger partial charge is 0.480 e. The van der Waals surface area contributed by atoms with Gasteiger partial charge in [0.05, 0.1) is 0 Å². The molecule has 7 heteroatoms. The molecule has 0 radical (unpaired) electrons. The predicted octanol–water partition coefficient (Wildman–Crippen LogP) is 1.39. The third-order valence-electron chi connectivity index (χ3n) is 5.36. The molecule has 2 fully saturated rings. The van der Waals surface area contributed by atoms with E-state index in [4.69, 9.17) is 0 Å². The molecule has 2 aliphatic rings. The van der Waals surface area contributed by atoms with E-state index in [1.54, 1.807) is 0 Å². The summed E-state index contributed by atoms with van der Waals surface area (Å²) in [6.45, 7) is 0.881. The standard InChI is InChI=1S/C15H25N5O2/c21-15(22)13-8-12-7-10(5-6-11(12)9-16-13)3-1-2-4-14-17-19-20-18-14/h10-13,16H,1-9H2,(H,21,22)(H,17,18,19,20)/t10-,11-,12+,13-/m1/s1. The van der Waals surface area contributed by atoms with Gasteiger partial charge in [-0.05, 0) is 50.0 Å². The van der Waals surface area contributed by atoms with Crippen molar-refractivity contribution in [3.63, 3.8) is 0 Å². The lowest BCUT2D eigenvalue weighted by atomic mass is 9.68. The van der Waals surface area contributed by atoms with Gasteiger partial charge >= 0.3 is 5.97 Å². The molecule has 0 bridgehead atoms. The molecule has 122 valence electrons. The van der Waals surface area contributed by atoms with Crippen molar-refractivity contribution in [2.75, 3.05) is 6.54 Å². The fourth-order valence-electron chi connectivity index (χ4n) is 4.12. The molecule has 2 heterocycles. The molecule has 3 rings (SSSR count). The van der Waals surface area contributed by atoms with Crippen molar-refractivity contribution in [2.45, 2.75) is 57.4 Å². The highest BCUT2D eigenvalue weighted by atomic mass is 16.4. The monoisotopic (exact) mass is 307 g/mol. The summed E-state index contributed by atoms with van der Waals surface area (Å²) >= 11 is 0. The number of hydrogen-bond acceptors (Lipinski definition) is 5. The predicted molar refractivity (Wildman–Crippen MR) is 80.1 cm³/mol. The number of carboxylic acids is 1. The Balaban J connectivity index is 1.39. The fraction of sp³-hybridized carbons (Fsp3) is 0.867. The fourth-order valence-corrected chi connectivity index (χ4v) is 4.12. The number of tetrazole rings is 1. The smallest absolute Gasteiger partial charge is 0.320 e. The summed E-state index contributed by atoms with van der Waals surface area (Å²) < 4.78 is 0. The van der Waals surface area contributed by atoms with E-state index in [0.29, 0.717) is 11.8 Å². The lowest BCUT2D eigenvalue weighted by Gasteiger charge is -2.41. The molecule has 0 spiro atoms. The molecule has 1 aliphatic carbocycles. The number of fused-ring (bicyclic) bond motifs is 1. The zero-order chi connectivity index (χ0) is 15.4. The zero-order valence-electron chi connectivity index (χ0n) is 12.9. The minimum atomic E-state index is -0.694. The quantitative estimate of drug-likeness (QED) is 0.686. The van der Waals surface area contributed by atoms with Crippen molar-refractivity contribution in [1.29, 1.82) is 0 Å². The number of aromatic amines is 1. The van der Waals surface area contributed by atoms with Crippen LogP contribution in [0.5, 0.6) is 0 Å². The highest BCUT2D eigenvalue weighted by Gasteiger charge is 2.37. The molecule has 1 aromatic heterocycles. The van der Waals surface area contributed by atoms with E-state index in [2.05, 4.69) is 25.9 Å². The van der Waals surface area contributed by atoms with E-state index in [1.807, 2.05) is 0 Å². The first-order valence-corrected chi connectivity index (χ1v) is 8.41. The molecule has 0 unspecified atom stereocenters. The van der Waals surface area contributed by atoms with E-state index in [1.165, 1.54) is 32.1 Å². The molecule has 0 aromatic carbocycles. The van der Waals surface area contributed by atoms with E-state index in [0.717, 1.165) is 37.5 Å². The molecule has 1 saturated heterocycles. The van der Waals surface area contributed by atoms with Crippen molar-refractivity contribution in [1.82, 2.24) is 25.9 Å². The number of aliphatic carboxylic acids is 1. The highest BCUT2D eigenvalue weighted by Crippen LogP contribution is 2.40. The van der Waals surface area contributed by atoms with E-state index < -0.39 is 5.97 Å². The van der Waals surface area contributed by atoms with Crippen LogP contribution in [0.3, 0.4) is 0 Å². The number of hydrogen-bond donors (Lipinski definition) is 3. The minimum Gasteiger partial charge on any atom is -0.480 e. The molecular formula is C15H25N5O2. The first kappa shape index (κ1) is 15.4. The second-order valence-corrected chi connectivity index (χ2v) is 6.81. The molecule has 22 heavy (non-hydrogen) atoms. The lowest BCUT2D eigenvalue weighted by molar-refractivity contribution is -0.141. The van der Waals surface area contributed by atoms with Crippen molar-refractivity contribution < 1.29 is 9.90 Å². The van der Waals surface area contributed by atoms with Gasteiger partial charge in [-0.2, -0.15) is 5.21 Å². The Labute approximate surface area is 130 Å². The number of aryl methyl sites for hydroxylation is 1. The Bertz CT molecular complexity index is 478. The molecule has 4 atom stereocenters. The Hall–Kier alpha value is -1.50. The van der Waals surface area contributed by atoms with Gasteiger partial charge in [-0.15, -0.1) is 10.2 Å². The Morgan fingerprint density at radius 1 is 1.23 bits per heavy atom. The van der Waals surface area contributed by atoms with Gasteiger partial charge in [0.1, 0.15) is 6.04 Å². The van der Waals surface area contributed by atoms with Crippen LogP contribution in [-0.4, -0.2) is 44.3 Å². The van der Waals surface area contributed by atoms with Gasteiger partial charge in [-0.25, -0.2) is 0 Å². The zero-order valence-corrected chi connectivity index (χ0v) is 12.9. The van der Waals surface area contributed by atoms with Gasteiger partial charge in [0.25, 0.3) is 0 Å². The van der Waals surface area contributed by atoms with Crippen molar-refractivity contribution in [2.24, 2.45) is 17.8 Å². The summed E-state index contributed by atoms with van der Waals surface area (Å²) in [6.07, 6.45) is 8.98. The van der Waals surface area contributed by atoms with E-state index in [9.17, 15) is 9.90 Å². The Morgan fingerprint density at radius 2 is 2.14 bits per heavy atom. The summed E-state index contributed by atoms with van der Waals surface area (Å²) in [6, 6.07) is -0.335. The van der Waals surface area contributed by atoms with Crippen LogP contribution in [0, 0.1) is 17.8 Å². The molecule has 7 nitrogen and oxygen atoms in total. The minimum absolute atomic E-state index is 0.335. The number of carbonyl (C=O) groups is 1. The summed E-state index contributed by atoms with van der Waals surface area (Å²) in [7, 11) is 0. The molecule has 1 saturated carbocycles. The second kappa shape index (κ2) is 7.17. The molecular weight excluding hydrogens is 282 g/mol.